The van der Waals surface area contributed by atoms with E-state index < -0.39 is 0 Å². The molecule has 1 radical (unpaired) electrons. The van der Waals surface area contributed by atoms with Gasteiger partial charge < -0.3 is 0 Å². The summed E-state index contributed by atoms with van der Waals surface area (Å²) in [6, 6.07) is 5.70. The summed E-state index contributed by atoms with van der Waals surface area (Å²) in [5.74, 6) is 0. The minimum atomic E-state index is 0.765. The SMILES string of the molecule is [CH2]Cc1cc(Cl)ccc1Br. The van der Waals surface area contributed by atoms with Gasteiger partial charge in [0.2, 0.25) is 0 Å². The van der Waals surface area contributed by atoms with E-state index in [0.717, 1.165) is 21.5 Å². The van der Waals surface area contributed by atoms with Gasteiger partial charge in [-0.25, -0.2) is 0 Å². The predicted molar refractivity (Wildman–Crippen MR) is 48.2 cm³/mol. The monoisotopic (exact) mass is 217 g/mol. The standard InChI is InChI=1S/C8H7BrCl/c1-2-6-5-7(10)3-4-8(6)9/h3-5H,1-2H2. The van der Waals surface area contributed by atoms with Gasteiger partial charge in [0.05, 0.1) is 0 Å². The van der Waals surface area contributed by atoms with Crippen molar-refractivity contribution in [3.05, 3.63) is 40.2 Å². The van der Waals surface area contributed by atoms with Crippen molar-refractivity contribution in [1.29, 1.82) is 0 Å². The van der Waals surface area contributed by atoms with Crippen molar-refractivity contribution in [2.24, 2.45) is 0 Å². The van der Waals surface area contributed by atoms with Crippen LogP contribution in [0.3, 0.4) is 0 Å². The summed E-state index contributed by atoms with van der Waals surface area (Å²) < 4.78 is 1.08. The first-order chi connectivity index (χ1) is 4.74. The smallest absolute Gasteiger partial charge is 0.0409 e. The summed E-state index contributed by atoms with van der Waals surface area (Å²) in [6.45, 7) is 3.77. The summed E-state index contributed by atoms with van der Waals surface area (Å²) in [5.41, 5.74) is 1.15. The second kappa shape index (κ2) is 3.40. The van der Waals surface area contributed by atoms with Crippen LogP contribution in [0.15, 0.2) is 22.7 Å². The number of halogens is 2. The summed E-state index contributed by atoms with van der Waals surface area (Å²) in [4.78, 5) is 0. The molecule has 0 bridgehead atoms. The zero-order valence-electron chi connectivity index (χ0n) is 5.40. The Balaban J connectivity index is 3.09. The van der Waals surface area contributed by atoms with Crippen LogP contribution in [0.1, 0.15) is 5.56 Å². The van der Waals surface area contributed by atoms with Crippen LogP contribution in [0, 0.1) is 6.92 Å². The fourth-order valence-corrected chi connectivity index (χ4v) is 1.37. The molecule has 0 saturated heterocycles. The van der Waals surface area contributed by atoms with Gasteiger partial charge in [-0.05, 0) is 37.1 Å². The van der Waals surface area contributed by atoms with Gasteiger partial charge in [-0.15, -0.1) is 0 Å². The summed E-state index contributed by atoms with van der Waals surface area (Å²) in [5, 5.41) is 0.766. The van der Waals surface area contributed by atoms with E-state index in [9.17, 15) is 0 Å². The van der Waals surface area contributed by atoms with Crippen LogP contribution in [0.2, 0.25) is 5.02 Å². The molecule has 0 N–H and O–H groups in total. The van der Waals surface area contributed by atoms with Crippen LogP contribution in [0.4, 0.5) is 0 Å². The average Bonchev–Trinajstić information content (AvgIpc) is 1.94. The van der Waals surface area contributed by atoms with Crippen LogP contribution in [0.5, 0.6) is 0 Å². The normalized spacial score (nSPS) is 9.90. The number of hydrogen-bond acceptors (Lipinski definition) is 0. The third-order valence-corrected chi connectivity index (χ3v) is 2.29. The molecule has 0 amide bonds. The van der Waals surface area contributed by atoms with Crippen molar-refractivity contribution in [1.82, 2.24) is 0 Å². The van der Waals surface area contributed by atoms with Gasteiger partial charge in [0.15, 0.2) is 0 Å². The fourth-order valence-electron chi connectivity index (χ4n) is 0.735. The van der Waals surface area contributed by atoms with E-state index in [1.165, 1.54) is 0 Å². The number of hydrogen-bond donors (Lipinski definition) is 0. The fraction of sp³-hybridized carbons (Fsp3) is 0.125. The second-order valence-electron chi connectivity index (χ2n) is 1.99. The maximum Gasteiger partial charge on any atom is 0.0409 e. The molecule has 0 aliphatic heterocycles. The number of rotatable bonds is 1. The molecule has 0 aromatic heterocycles. The largest absolute Gasteiger partial charge is 0.0843 e. The summed E-state index contributed by atoms with van der Waals surface area (Å²) in [6.07, 6.45) is 0.765. The Labute approximate surface area is 74.3 Å². The zero-order chi connectivity index (χ0) is 7.56. The molecule has 1 aromatic carbocycles. The Kier molecular flexibility index (Phi) is 2.75. The lowest BCUT2D eigenvalue weighted by Gasteiger charge is -1.99. The van der Waals surface area contributed by atoms with E-state index >= 15 is 0 Å². The van der Waals surface area contributed by atoms with Gasteiger partial charge >= 0.3 is 0 Å². The Morgan fingerprint density at radius 2 is 2.20 bits per heavy atom. The Morgan fingerprint density at radius 1 is 1.50 bits per heavy atom. The quantitative estimate of drug-likeness (QED) is 0.677. The highest BCUT2D eigenvalue weighted by molar-refractivity contribution is 9.10. The lowest BCUT2D eigenvalue weighted by atomic mass is 10.2. The average molecular weight is 219 g/mol. The number of benzene rings is 1. The van der Waals surface area contributed by atoms with Gasteiger partial charge in [0.25, 0.3) is 0 Å². The highest BCUT2D eigenvalue weighted by Gasteiger charge is 1.96. The highest BCUT2D eigenvalue weighted by atomic mass is 79.9. The van der Waals surface area contributed by atoms with Crippen LogP contribution in [0.25, 0.3) is 0 Å². The first kappa shape index (κ1) is 8.09. The molecule has 0 heterocycles. The molecule has 1 aromatic rings. The first-order valence-electron chi connectivity index (χ1n) is 2.97. The van der Waals surface area contributed by atoms with Gasteiger partial charge in [-0.2, -0.15) is 0 Å². The molecule has 0 saturated carbocycles. The molecule has 0 atom stereocenters. The van der Waals surface area contributed by atoms with E-state index in [0.29, 0.717) is 0 Å². The molecule has 2 heteroatoms. The molecule has 53 valence electrons. The molecule has 0 aliphatic rings. The van der Waals surface area contributed by atoms with Gasteiger partial charge in [0, 0.05) is 9.50 Å². The summed E-state index contributed by atoms with van der Waals surface area (Å²) >= 11 is 9.14. The molecule has 10 heavy (non-hydrogen) atoms. The van der Waals surface area contributed by atoms with Gasteiger partial charge in [-0.1, -0.05) is 27.5 Å². The first-order valence-corrected chi connectivity index (χ1v) is 4.14. The maximum atomic E-state index is 5.75. The van der Waals surface area contributed by atoms with Gasteiger partial charge in [0.1, 0.15) is 0 Å². The molecule has 1 rings (SSSR count). The zero-order valence-corrected chi connectivity index (χ0v) is 7.74. The van der Waals surface area contributed by atoms with Crippen molar-refractivity contribution in [2.75, 3.05) is 0 Å². The second-order valence-corrected chi connectivity index (χ2v) is 3.28. The maximum absolute atomic E-state index is 5.75. The van der Waals surface area contributed by atoms with E-state index in [1.807, 2.05) is 18.2 Å². The minimum Gasteiger partial charge on any atom is -0.0843 e. The van der Waals surface area contributed by atoms with Crippen LogP contribution < -0.4 is 0 Å². The van der Waals surface area contributed by atoms with Crippen LogP contribution in [-0.4, -0.2) is 0 Å². The van der Waals surface area contributed by atoms with Crippen LogP contribution >= 0.6 is 27.5 Å². The van der Waals surface area contributed by atoms with Crippen molar-refractivity contribution in [2.45, 2.75) is 6.42 Å². The Hall–Kier alpha value is -0.0100. The topological polar surface area (TPSA) is 0 Å². The third kappa shape index (κ3) is 1.74. The van der Waals surface area contributed by atoms with E-state index in [4.69, 9.17) is 11.6 Å². The third-order valence-electron chi connectivity index (χ3n) is 1.28. The van der Waals surface area contributed by atoms with Crippen molar-refractivity contribution < 1.29 is 0 Å². The Bertz CT molecular complexity index is 233. The van der Waals surface area contributed by atoms with Crippen molar-refractivity contribution in [3.63, 3.8) is 0 Å². The van der Waals surface area contributed by atoms with Crippen molar-refractivity contribution in [3.8, 4) is 0 Å². The molecule has 0 nitrogen and oxygen atoms in total. The molecule has 0 unspecified atom stereocenters. The van der Waals surface area contributed by atoms with E-state index in [2.05, 4.69) is 22.9 Å². The lowest BCUT2D eigenvalue weighted by Crippen LogP contribution is -1.80. The van der Waals surface area contributed by atoms with E-state index in [1.54, 1.807) is 0 Å². The predicted octanol–water partition coefficient (Wildman–Crippen LogP) is 3.48. The van der Waals surface area contributed by atoms with Crippen molar-refractivity contribution >= 4 is 27.5 Å². The molecular formula is C8H7BrCl. The minimum absolute atomic E-state index is 0.765. The van der Waals surface area contributed by atoms with E-state index in [-0.39, 0.29) is 0 Å². The lowest BCUT2D eigenvalue weighted by molar-refractivity contribution is 1.25. The molecule has 0 aliphatic carbocycles. The molecular weight excluding hydrogens is 211 g/mol. The molecule has 0 fully saturated rings. The summed E-state index contributed by atoms with van der Waals surface area (Å²) in [7, 11) is 0. The highest BCUT2D eigenvalue weighted by Crippen LogP contribution is 2.20. The molecule has 0 spiro atoms. The van der Waals surface area contributed by atoms with Crippen LogP contribution in [-0.2, 0) is 6.42 Å². The Morgan fingerprint density at radius 3 is 2.70 bits per heavy atom. The van der Waals surface area contributed by atoms with Gasteiger partial charge in [-0.3, -0.25) is 0 Å².